The molecule has 0 saturated heterocycles. The van der Waals surface area contributed by atoms with Gasteiger partial charge in [0.05, 0.1) is 5.52 Å². The third-order valence-electron chi connectivity index (χ3n) is 2.44. The number of pyridine rings is 1. The van der Waals surface area contributed by atoms with Crippen LogP contribution in [0.5, 0.6) is 0 Å². The van der Waals surface area contributed by atoms with Crippen LogP contribution in [0.2, 0.25) is 0 Å². The number of fused-ring (bicyclic) bond motifs is 1. The lowest BCUT2D eigenvalue weighted by Crippen LogP contribution is -2.10. The van der Waals surface area contributed by atoms with Crippen LogP contribution in [0.15, 0.2) is 34.9 Å². The molecule has 78 valence electrons. The number of benzene rings is 1. The van der Waals surface area contributed by atoms with Crippen LogP contribution in [-0.4, -0.2) is 18.6 Å². The molecule has 1 N–H and O–H groups in total. The van der Waals surface area contributed by atoms with Gasteiger partial charge in [0.15, 0.2) is 0 Å². The molecule has 0 spiro atoms. The lowest BCUT2D eigenvalue weighted by atomic mass is 10.1. The minimum absolute atomic E-state index is 0.992. The second kappa shape index (κ2) is 4.73. The van der Waals surface area contributed by atoms with E-state index in [1.807, 2.05) is 25.4 Å². The Morgan fingerprint density at radius 1 is 1.33 bits per heavy atom. The predicted molar refractivity (Wildman–Crippen MR) is 67.1 cm³/mol. The van der Waals surface area contributed by atoms with Gasteiger partial charge in [0.2, 0.25) is 0 Å². The first-order valence-electron chi connectivity index (χ1n) is 4.99. The molecule has 0 aliphatic rings. The minimum Gasteiger partial charge on any atom is -0.319 e. The van der Waals surface area contributed by atoms with Crippen molar-refractivity contribution in [3.05, 3.63) is 40.5 Å². The first-order valence-corrected chi connectivity index (χ1v) is 5.78. The van der Waals surface area contributed by atoms with Gasteiger partial charge < -0.3 is 5.32 Å². The quantitative estimate of drug-likeness (QED) is 0.923. The fraction of sp³-hybridized carbons (Fsp3) is 0.250. The normalized spacial score (nSPS) is 10.8. The van der Waals surface area contributed by atoms with Gasteiger partial charge in [0, 0.05) is 16.1 Å². The molecule has 1 aromatic heterocycles. The fourth-order valence-electron chi connectivity index (χ4n) is 1.65. The van der Waals surface area contributed by atoms with Crippen molar-refractivity contribution in [2.45, 2.75) is 6.42 Å². The number of hydrogen-bond donors (Lipinski definition) is 1. The highest BCUT2D eigenvalue weighted by molar-refractivity contribution is 9.10. The molecule has 2 aromatic rings. The third kappa shape index (κ3) is 2.36. The van der Waals surface area contributed by atoms with E-state index < -0.39 is 0 Å². The lowest BCUT2D eigenvalue weighted by Gasteiger charge is -2.05. The Morgan fingerprint density at radius 2 is 2.20 bits per heavy atom. The van der Waals surface area contributed by atoms with Crippen molar-refractivity contribution < 1.29 is 0 Å². The Bertz CT molecular complexity index is 468. The van der Waals surface area contributed by atoms with E-state index in [1.165, 1.54) is 10.9 Å². The maximum Gasteiger partial charge on any atom is 0.0705 e. The van der Waals surface area contributed by atoms with Crippen LogP contribution >= 0.6 is 15.9 Å². The Kier molecular flexibility index (Phi) is 3.34. The smallest absolute Gasteiger partial charge is 0.0705 e. The largest absolute Gasteiger partial charge is 0.319 e. The van der Waals surface area contributed by atoms with Gasteiger partial charge in [-0.15, -0.1) is 0 Å². The van der Waals surface area contributed by atoms with Crippen LogP contribution in [0.4, 0.5) is 0 Å². The molecule has 0 saturated carbocycles. The molecule has 0 fully saturated rings. The van der Waals surface area contributed by atoms with Crippen LogP contribution in [0, 0.1) is 0 Å². The molecule has 0 atom stereocenters. The van der Waals surface area contributed by atoms with Crippen LogP contribution < -0.4 is 5.32 Å². The molecule has 0 radical (unpaired) electrons. The van der Waals surface area contributed by atoms with Gasteiger partial charge in [0.25, 0.3) is 0 Å². The van der Waals surface area contributed by atoms with Gasteiger partial charge in [0.1, 0.15) is 0 Å². The number of likely N-dealkylation sites (N-methyl/N-ethyl adjacent to an activating group) is 1. The minimum atomic E-state index is 0.992. The number of aromatic nitrogens is 1. The van der Waals surface area contributed by atoms with Crippen molar-refractivity contribution in [1.29, 1.82) is 0 Å². The van der Waals surface area contributed by atoms with E-state index in [1.54, 1.807) is 0 Å². The number of halogens is 1. The number of nitrogens with one attached hydrogen (secondary N) is 1. The van der Waals surface area contributed by atoms with Crippen molar-refractivity contribution in [2.24, 2.45) is 0 Å². The van der Waals surface area contributed by atoms with Crippen molar-refractivity contribution in [3.8, 4) is 0 Å². The highest BCUT2D eigenvalue weighted by atomic mass is 79.9. The second-order valence-corrected chi connectivity index (χ2v) is 4.40. The molecule has 0 aliphatic carbocycles. The van der Waals surface area contributed by atoms with Gasteiger partial charge in [-0.25, -0.2) is 0 Å². The molecule has 0 unspecified atom stereocenters. The summed E-state index contributed by atoms with van der Waals surface area (Å²) in [5.41, 5.74) is 2.41. The summed E-state index contributed by atoms with van der Waals surface area (Å²) in [5.74, 6) is 0. The fourth-order valence-corrected chi connectivity index (χ4v) is 2.01. The van der Waals surface area contributed by atoms with Gasteiger partial charge in [-0.05, 0) is 49.8 Å². The standard InChI is InChI=1S/C12H13BrN2/c1-14-6-4-9-5-7-15-12-3-2-10(13)8-11(9)12/h2-3,5,7-8,14H,4,6H2,1H3. The molecular weight excluding hydrogens is 252 g/mol. The molecule has 1 heterocycles. The Balaban J connectivity index is 2.48. The summed E-state index contributed by atoms with van der Waals surface area (Å²) < 4.78 is 1.11. The lowest BCUT2D eigenvalue weighted by molar-refractivity contribution is 0.794. The molecule has 15 heavy (non-hydrogen) atoms. The summed E-state index contributed by atoms with van der Waals surface area (Å²) in [6, 6.07) is 8.29. The predicted octanol–water partition coefficient (Wildman–Crippen LogP) is 2.76. The van der Waals surface area contributed by atoms with E-state index in [0.29, 0.717) is 0 Å². The highest BCUT2D eigenvalue weighted by Crippen LogP contribution is 2.21. The van der Waals surface area contributed by atoms with Crippen molar-refractivity contribution >= 4 is 26.8 Å². The molecular formula is C12H13BrN2. The van der Waals surface area contributed by atoms with E-state index in [4.69, 9.17) is 0 Å². The zero-order valence-corrected chi connectivity index (χ0v) is 10.2. The molecule has 0 amide bonds. The monoisotopic (exact) mass is 264 g/mol. The first-order chi connectivity index (χ1) is 7.31. The molecule has 3 heteroatoms. The summed E-state index contributed by atoms with van der Waals surface area (Å²) in [6.45, 7) is 0.992. The van der Waals surface area contributed by atoms with Crippen molar-refractivity contribution in [3.63, 3.8) is 0 Å². The Hall–Kier alpha value is -0.930. The summed E-state index contributed by atoms with van der Waals surface area (Å²) >= 11 is 3.49. The highest BCUT2D eigenvalue weighted by Gasteiger charge is 2.01. The van der Waals surface area contributed by atoms with Crippen molar-refractivity contribution in [1.82, 2.24) is 10.3 Å². The van der Waals surface area contributed by atoms with E-state index >= 15 is 0 Å². The second-order valence-electron chi connectivity index (χ2n) is 3.49. The molecule has 0 bridgehead atoms. The summed E-state index contributed by atoms with van der Waals surface area (Å²) in [5, 5.41) is 4.40. The third-order valence-corrected chi connectivity index (χ3v) is 2.93. The Morgan fingerprint density at radius 3 is 3.00 bits per heavy atom. The van der Waals surface area contributed by atoms with E-state index in [-0.39, 0.29) is 0 Å². The average Bonchev–Trinajstić information content (AvgIpc) is 2.26. The zero-order valence-electron chi connectivity index (χ0n) is 8.63. The van der Waals surface area contributed by atoms with Crippen LogP contribution in [0.1, 0.15) is 5.56 Å². The zero-order chi connectivity index (χ0) is 10.7. The van der Waals surface area contributed by atoms with Crippen LogP contribution in [0.25, 0.3) is 10.9 Å². The van der Waals surface area contributed by atoms with E-state index in [0.717, 1.165) is 23.0 Å². The summed E-state index contributed by atoms with van der Waals surface area (Å²) in [6.07, 6.45) is 2.91. The SMILES string of the molecule is CNCCc1ccnc2ccc(Br)cc12. The van der Waals surface area contributed by atoms with Gasteiger partial charge in [-0.3, -0.25) is 4.98 Å². The molecule has 1 aromatic carbocycles. The van der Waals surface area contributed by atoms with Crippen LogP contribution in [-0.2, 0) is 6.42 Å². The molecule has 0 aliphatic heterocycles. The topological polar surface area (TPSA) is 24.9 Å². The maximum absolute atomic E-state index is 4.35. The van der Waals surface area contributed by atoms with Gasteiger partial charge in [-0.1, -0.05) is 15.9 Å². The summed E-state index contributed by atoms with van der Waals surface area (Å²) in [7, 11) is 1.97. The average molecular weight is 265 g/mol. The van der Waals surface area contributed by atoms with Crippen molar-refractivity contribution in [2.75, 3.05) is 13.6 Å². The summed E-state index contributed by atoms with van der Waals surface area (Å²) in [4.78, 5) is 4.35. The van der Waals surface area contributed by atoms with Gasteiger partial charge in [-0.2, -0.15) is 0 Å². The molecule has 2 nitrogen and oxygen atoms in total. The maximum atomic E-state index is 4.35. The number of hydrogen-bond acceptors (Lipinski definition) is 2. The van der Waals surface area contributed by atoms with E-state index in [2.05, 4.69) is 38.4 Å². The van der Waals surface area contributed by atoms with Gasteiger partial charge >= 0.3 is 0 Å². The molecule has 2 rings (SSSR count). The Labute approximate surface area is 97.8 Å². The van der Waals surface area contributed by atoms with E-state index in [9.17, 15) is 0 Å². The number of rotatable bonds is 3. The number of nitrogens with zero attached hydrogens (tertiary/aromatic N) is 1. The van der Waals surface area contributed by atoms with Crippen LogP contribution in [0.3, 0.4) is 0 Å². The first kappa shape index (κ1) is 10.6.